The Morgan fingerprint density at radius 3 is 2.23 bits per heavy atom. The minimum Gasteiger partial charge on any atom is -0.542 e. The standard InChI is InChI=1S/C15H19NO6/c1-15(2,3)22-14(21)16-11(12(18)13(19)20)8-9-4-6-10(17)7-5-9/h4-7,11,17H,8H2,1-3H3,(H,16,21)(H,19,20)/p-1/t11-/m0/s1. The van der Waals surface area contributed by atoms with Crippen LogP contribution >= 0.6 is 0 Å². The number of phenolic OH excluding ortho intramolecular Hbond substituents is 1. The highest BCUT2D eigenvalue weighted by molar-refractivity contribution is 6.34. The number of carboxylic acids is 1. The first-order valence-electron chi connectivity index (χ1n) is 6.61. The summed E-state index contributed by atoms with van der Waals surface area (Å²) in [7, 11) is 0. The smallest absolute Gasteiger partial charge is 0.408 e. The molecule has 0 aliphatic heterocycles. The van der Waals surface area contributed by atoms with E-state index in [1.54, 1.807) is 20.8 Å². The Bertz CT molecular complexity index is 558. The number of aliphatic carboxylic acids is 1. The van der Waals surface area contributed by atoms with Crippen LogP contribution in [0.25, 0.3) is 0 Å². The Morgan fingerprint density at radius 2 is 1.77 bits per heavy atom. The number of benzene rings is 1. The second-order valence-electron chi connectivity index (χ2n) is 5.72. The number of ketones is 1. The molecule has 0 spiro atoms. The van der Waals surface area contributed by atoms with Crippen LogP contribution in [0.4, 0.5) is 4.79 Å². The lowest BCUT2D eigenvalue weighted by molar-refractivity contribution is -0.300. The van der Waals surface area contributed by atoms with Crippen LogP contribution in [0.2, 0.25) is 0 Å². The fraction of sp³-hybridized carbons (Fsp3) is 0.400. The molecule has 0 fully saturated rings. The minimum atomic E-state index is -1.89. The van der Waals surface area contributed by atoms with Crippen molar-refractivity contribution in [2.75, 3.05) is 0 Å². The average Bonchev–Trinajstić information content (AvgIpc) is 2.37. The number of carbonyl (C=O) groups excluding carboxylic acids is 3. The molecule has 0 saturated heterocycles. The Balaban J connectivity index is 2.84. The number of carboxylic acid groups (broad SMARTS) is 1. The van der Waals surface area contributed by atoms with Gasteiger partial charge in [0.15, 0.2) is 0 Å². The summed E-state index contributed by atoms with van der Waals surface area (Å²) >= 11 is 0. The first-order chi connectivity index (χ1) is 10.1. The van der Waals surface area contributed by atoms with Crippen LogP contribution in [0.15, 0.2) is 24.3 Å². The molecule has 0 aliphatic rings. The van der Waals surface area contributed by atoms with E-state index in [9.17, 15) is 24.6 Å². The van der Waals surface area contributed by atoms with Gasteiger partial charge in [-0.25, -0.2) is 4.79 Å². The largest absolute Gasteiger partial charge is 0.542 e. The summed E-state index contributed by atoms with van der Waals surface area (Å²) in [5.41, 5.74) is -0.217. The number of hydrogen-bond donors (Lipinski definition) is 2. The van der Waals surface area contributed by atoms with E-state index >= 15 is 0 Å². The van der Waals surface area contributed by atoms with Gasteiger partial charge in [-0.1, -0.05) is 12.1 Å². The van der Waals surface area contributed by atoms with Gasteiger partial charge in [0.2, 0.25) is 5.78 Å². The van der Waals surface area contributed by atoms with E-state index in [1.165, 1.54) is 24.3 Å². The van der Waals surface area contributed by atoms with Crippen molar-refractivity contribution in [1.29, 1.82) is 0 Å². The first-order valence-corrected chi connectivity index (χ1v) is 6.61. The van der Waals surface area contributed by atoms with Gasteiger partial charge in [-0.3, -0.25) is 4.79 Å². The highest BCUT2D eigenvalue weighted by atomic mass is 16.6. The second kappa shape index (κ2) is 6.93. The molecule has 1 atom stereocenters. The zero-order chi connectivity index (χ0) is 16.9. The van der Waals surface area contributed by atoms with E-state index in [4.69, 9.17) is 4.74 Å². The number of amides is 1. The lowest BCUT2D eigenvalue weighted by Crippen LogP contribution is -2.50. The van der Waals surface area contributed by atoms with Gasteiger partial charge in [0.05, 0.1) is 0 Å². The summed E-state index contributed by atoms with van der Waals surface area (Å²) in [6, 6.07) is 4.50. The Labute approximate surface area is 127 Å². The molecule has 0 aromatic heterocycles. The van der Waals surface area contributed by atoms with Crippen molar-refractivity contribution in [1.82, 2.24) is 5.32 Å². The normalized spacial score (nSPS) is 12.3. The number of rotatable bonds is 5. The SMILES string of the molecule is CC(C)(C)OC(=O)N[C@@H](Cc1ccc(O)cc1)C(=O)C(=O)[O-]. The molecule has 1 aromatic carbocycles. The molecule has 0 radical (unpaired) electrons. The third-order valence-corrected chi connectivity index (χ3v) is 2.58. The maximum Gasteiger partial charge on any atom is 0.408 e. The maximum absolute atomic E-state index is 11.7. The fourth-order valence-corrected chi connectivity index (χ4v) is 1.67. The number of hydrogen-bond acceptors (Lipinski definition) is 6. The summed E-state index contributed by atoms with van der Waals surface area (Å²) in [6.07, 6.45) is -0.960. The fourth-order valence-electron chi connectivity index (χ4n) is 1.67. The van der Waals surface area contributed by atoms with Crippen molar-refractivity contribution in [2.45, 2.75) is 38.8 Å². The number of Topliss-reactive ketones (excluding diaryl/α,β-unsaturated/α-hetero) is 1. The third kappa shape index (κ3) is 5.82. The van der Waals surface area contributed by atoms with E-state index in [1.807, 2.05) is 0 Å². The van der Waals surface area contributed by atoms with Gasteiger partial charge in [-0.2, -0.15) is 0 Å². The number of nitrogens with one attached hydrogen (secondary N) is 1. The molecule has 1 amide bonds. The van der Waals surface area contributed by atoms with Gasteiger partial charge < -0.3 is 25.1 Å². The molecule has 7 heteroatoms. The van der Waals surface area contributed by atoms with Crippen LogP contribution < -0.4 is 10.4 Å². The maximum atomic E-state index is 11.7. The monoisotopic (exact) mass is 308 g/mol. The third-order valence-electron chi connectivity index (χ3n) is 2.58. The zero-order valence-corrected chi connectivity index (χ0v) is 12.6. The van der Waals surface area contributed by atoms with Crippen molar-refractivity contribution < 1.29 is 29.3 Å². The van der Waals surface area contributed by atoms with Gasteiger partial charge in [0.1, 0.15) is 23.4 Å². The van der Waals surface area contributed by atoms with Crippen LogP contribution in [0.5, 0.6) is 5.75 Å². The van der Waals surface area contributed by atoms with Crippen molar-refractivity contribution in [3.8, 4) is 5.75 Å². The van der Waals surface area contributed by atoms with Gasteiger partial charge in [-0.15, -0.1) is 0 Å². The highest BCUT2D eigenvalue weighted by Gasteiger charge is 2.25. The van der Waals surface area contributed by atoms with E-state index in [-0.39, 0.29) is 12.2 Å². The Kier molecular flexibility index (Phi) is 5.50. The minimum absolute atomic E-state index is 0.0339. The van der Waals surface area contributed by atoms with E-state index in [2.05, 4.69) is 5.32 Å². The molecular weight excluding hydrogens is 290 g/mol. The lowest BCUT2D eigenvalue weighted by Gasteiger charge is -2.23. The molecule has 0 heterocycles. The van der Waals surface area contributed by atoms with Crippen molar-refractivity contribution in [3.63, 3.8) is 0 Å². The lowest BCUT2D eigenvalue weighted by atomic mass is 10.0. The van der Waals surface area contributed by atoms with E-state index in [0.29, 0.717) is 5.56 Å². The van der Waals surface area contributed by atoms with Crippen LogP contribution in [-0.4, -0.2) is 34.6 Å². The Hall–Kier alpha value is -2.57. The van der Waals surface area contributed by atoms with Gasteiger partial charge in [0.25, 0.3) is 0 Å². The molecule has 1 aromatic rings. The molecule has 22 heavy (non-hydrogen) atoms. The van der Waals surface area contributed by atoms with E-state index in [0.717, 1.165) is 0 Å². The molecule has 0 bridgehead atoms. The zero-order valence-electron chi connectivity index (χ0n) is 12.6. The number of alkyl carbamates (subject to hydrolysis) is 1. The highest BCUT2D eigenvalue weighted by Crippen LogP contribution is 2.12. The quantitative estimate of drug-likeness (QED) is 0.748. The van der Waals surface area contributed by atoms with Gasteiger partial charge >= 0.3 is 6.09 Å². The molecule has 0 unspecified atom stereocenters. The average molecular weight is 308 g/mol. The Morgan fingerprint density at radius 1 is 1.23 bits per heavy atom. The number of phenols is 1. The summed E-state index contributed by atoms with van der Waals surface area (Å²) < 4.78 is 5.00. The van der Waals surface area contributed by atoms with Crippen molar-refractivity contribution >= 4 is 17.8 Å². The predicted octanol–water partition coefficient (Wildman–Crippen LogP) is 0.147. The summed E-state index contributed by atoms with van der Waals surface area (Å²) in [6.45, 7) is 4.92. The van der Waals surface area contributed by atoms with Gasteiger partial charge in [-0.05, 0) is 38.5 Å². The van der Waals surface area contributed by atoms with Gasteiger partial charge in [0, 0.05) is 6.42 Å². The number of ether oxygens (including phenoxy) is 1. The van der Waals surface area contributed by atoms with Crippen LogP contribution in [0.1, 0.15) is 26.3 Å². The molecule has 0 aliphatic carbocycles. The van der Waals surface area contributed by atoms with Crippen LogP contribution in [-0.2, 0) is 20.7 Å². The first kappa shape index (κ1) is 17.5. The summed E-state index contributed by atoms with van der Waals surface area (Å²) in [5, 5.41) is 22.2. The molecule has 1 rings (SSSR count). The number of carbonyl (C=O) groups is 3. The summed E-state index contributed by atoms with van der Waals surface area (Å²) in [4.78, 5) is 34.1. The number of aromatic hydroxyl groups is 1. The molecule has 0 saturated carbocycles. The topological polar surface area (TPSA) is 116 Å². The van der Waals surface area contributed by atoms with Crippen molar-refractivity contribution in [3.05, 3.63) is 29.8 Å². The summed E-state index contributed by atoms with van der Waals surface area (Å²) in [5.74, 6) is -3.11. The second-order valence-corrected chi connectivity index (χ2v) is 5.72. The van der Waals surface area contributed by atoms with E-state index < -0.39 is 29.5 Å². The predicted molar refractivity (Wildman–Crippen MR) is 75.0 cm³/mol. The van der Waals surface area contributed by atoms with Crippen LogP contribution in [0.3, 0.4) is 0 Å². The molecule has 120 valence electrons. The van der Waals surface area contributed by atoms with Crippen LogP contribution in [0, 0.1) is 0 Å². The molecule has 7 nitrogen and oxygen atoms in total. The molecule has 2 N–H and O–H groups in total. The molecular formula is C15H18NO6-. The van der Waals surface area contributed by atoms with Crippen molar-refractivity contribution in [2.24, 2.45) is 0 Å².